The van der Waals surface area contributed by atoms with Crippen LogP contribution in [0.1, 0.15) is 10.4 Å². The van der Waals surface area contributed by atoms with E-state index in [0.29, 0.717) is 5.69 Å². The maximum absolute atomic E-state index is 10.7. The standard InChI is InChI=1S/C9H11NO4/c10-6-1-2-8(14-4-3-11)7(5-6)9(12)13/h1-2,5,11H,3-4,10H2,(H,12,13). The Balaban J connectivity index is 2.96. The second kappa shape index (κ2) is 4.48. The van der Waals surface area contributed by atoms with E-state index in [1.165, 1.54) is 12.1 Å². The van der Waals surface area contributed by atoms with Gasteiger partial charge in [0.2, 0.25) is 0 Å². The number of hydrogen-bond donors (Lipinski definition) is 3. The van der Waals surface area contributed by atoms with Crippen LogP contribution in [0.2, 0.25) is 0 Å². The first-order chi connectivity index (χ1) is 6.65. The minimum absolute atomic E-state index is 0.00144. The SMILES string of the molecule is Nc1ccc(OCCO)c(C(=O)O)c1. The first-order valence-electron chi connectivity index (χ1n) is 4.01. The molecule has 14 heavy (non-hydrogen) atoms. The van der Waals surface area contributed by atoms with E-state index < -0.39 is 5.97 Å². The second-order valence-corrected chi connectivity index (χ2v) is 2.63. The van der Waals surface area contributed by atoms with Crippen LogP contribution in [0.3, 0.4) is 0 Å². The van der Waals surface area contributed by atoms with Crippen LogP contribution in [0.5, 0.6) is 5.75 Å². The van der Waals surface area contributed by atoms with E-state index in [-0.39, 0.29) is 24.5 Å². The Bertz CT molecular complexity index is 338. The molecule has 0 heterocycles. The predicted octanol–water partition coefficient (Wildman–Crippen LogP) is 0.338. The monoisotopic (exact) mass is 197 g/mol. The molecule has 0 amide bonds. The molecule has 0 spiro atoms. The molecule has 0 bridgehead atoms. The minimum atomic E-state index is -1.11. The van der Waals surface area contributed by atoms with E-state index in [0.717, 1.165) is 0 Å². The van der Waals surface area contributed by atoms with Gasteiger partial charge in [-0.3, -0.25) is 0 Å². The lowest BCUT2D eigenvalue weighted by Gasteiger charge is -2.07. The molecule has 0 aromatic heterocycles. The molecule has 5 nitrogen and oxygen atoms in total. The van der Waals surface area contributed by atoms with Crippen LogP contribution in [0.25, 0.3) is 0 Å². The van der Waals surface area contributed by atoms with Crippen LogP contribution in [0.15, 0.2) is 18.2 Å². The summed E-state index contributed by atoms with van der Waals surface area (Å²) in [5.41, 5.74) is 5.78. The number of carboxylic acid groups (broad SMARTS) is 1. The molecule has 4 N–H and O–H groups in total. The Morgan fingerprint density at radius 3 is 2.79 bits per heavy atom. The summed E-state index contributed by atoms with van der Waals surface area (Å²) in [5.74, 6) is -0.897. The molecule has 1 aromatic carbocycles. The van der Waals surface area contributed by atoms with Crippen molar-refractivity contribution in [3.05, 3.63) is 23.8 Å². The van der Waals surface area contributed by atoms with Gasteiger partial charge < -0.3 is 20.7 Å². The molecule has 0 radical (unpaired) electrons. The quantitative estimate of drug-likeness (QED) is 0.605. The highest BCUT2D eigenvalue weighted by atomic mass is 16.5. The Hall–Kier alpha value is -1.75. The van der Waals surface area contributed by atoms with Gasteiger partial charge in [0.15, 0.2) is 0 Å². The molecule has 0 aliphatic carbocycles. The summed E-state index contributed by atoms with van der Waals surface area (Å²) in [7, 11) is 0. The third-order valence-electron chi connectivity index (χ3n) is 1.58. The van der Waals surface area contributed by atoms with E-state index in [4.69, 9.17) is 20.7 Å². The van der Waals surface area contributed by atoms with Gasteiger partial charge in [-0.1, -0.05) is 0 Å². The summed E-state index contributed by atoms with van der Waals surface area (Å²) in [6.45, 7) is -0.104. The number of ether oxygens (including phenoxy) is 1. The number of carboxylic acids is 1. The van der Waals surface area contributed by atoms with Crippen molar-refractivity contribution < 1.29 is 19.7 Å². The highest BCUT2D eigenvalue weighted by molar-refractivity contribution is 5.92. The largest absolute Gasteiger partial charge is 0.490 e. The summed E-state index contributed by atoms with van der Waals surface area (Å²) >= 11 is 0. The number of hydrogen-bond acceptors (Lipinski definition) is 4. The number of nitrogen functional groups attached to an aromatic ring is 1. The minimum Gasteiger partial charge on any atom is -0.490 e. The molecule has 0 saturated carbocycles. The predicted molar refractivity (Wildman–Crippen MR) is 50.4 cm³/mol. The lowest BCUT2D eigenvalue weighted by Crippen LogP contribution is -2.07. The van der Waals surface area contributed by atoms with Gasteiger partial charge in [-0.2, -0.15) is 0 Å². The lowest BCUT2D eigenvalue weighted by molar-refractivity contribution is 0.0691. The Kier molecular flexibility index (Phi) is 3.30. The van der Waals surface area contributed by atoms with Gasteiger partial charge in [0.05, 0.1) is 6.61 Å². The van der Waals surface area contributed by atoms with Gasteiger partial charge in [-0.05, 0) is 18.2 Å². The molecule has 0 atom stereocenters. The molecule has 1 aromatic rings. The number of nitrogens with two attached hydrogens (primary N) is 1. The van der Waals surface area contributed by atoms with Crippen molar-refractivity contribution >= 4 is 11.7 Å². The molecular formula is C9H11NO4. The zero-order chi connectivity index (χ0) is 10.6. The fourth-order valence-corrected chi connectivity index (χ4v) is 0.996. The van der Waals surface area contributed by atoms with Crippen LogP contribution < -0.4 is 10.5 Å². The molecule has 0 fully saturated rings. The van der Waals surface area contributed by atoms with Gasteiger partial charge in [0.1, 0.15) is 17.9 Å². The van der Waals surface area contributed by atoms with E-state index in [1.54, 1.807) is 6.07 Å². The summed E-state index contributed by atoms with van der Waals surface area (Å²) in [6, 6.07) is 4.32. The zero-order valence-electron chi connectivity index (χ0n) is 7.43. The highest BCUT2D eigenvalue weighted by Crippen LogP contribution is 2.21. The summed E-state index contributed by atoms with van der Waals surface area (Å²) in [6.07, 6.45) is 0. The number of carbonyl (C=O) groups is 1. The van der Waals surface area contributed by atoms with Crippen molar-refractivity contribution in [2.75, 3.05) is 18.9 Å². The third kappa shape index (κ3) is 2.37. The fourth-order valence-electron chi connectivity index (χ4n) is 0.996. The van der Waals surface area contributed by atoms with E-state index in [9.17, 15) is 4.79 Å². The van der Waals surface area contributed by atoms with Crippen LogP contribution in [0, 0.1) is 0 Å². The van der Waals surface area contributed by atoms with Crippen LogP contribution in [-0.2, 0) is 0 Å². The molecule has 0 unspecified atom stereocenters. The highest BCUT2D eigenvalue weighted by Gasteiger charge is 2.11. The molecular weight excluding hydrogens is 186 g/mol. The van der Waals surface area contributed by atoms with Crippen LogP contribution >= 0.6 is 0 Å². The van der Waals surface area contributed by atoms with E-state index in [1.807, 2.05) is 0 Å². The topological polar surface area (TPSA) is 92.8 Å². The normalized spacial score (nSPS) is 9.79. The summed E-state index contributed by atoms with van der Waals surface area (Å²) in [5, 5.41) is 17.3. The molecule has 1 rings (SSSR count). The number of rotatable bonds is 4. The number of anilines is 1. The molecule has 0 aliphatic rings. The molecule has 76 valence electrons. The Morgan fingerprint density at radius 2 is 2.21 bits per heavy atom. The number of aliphatic hydroxyl groups is 1. The smallest absolute Gasteiger partial charge is 0.339 e. The summed E-state index contributed by atoms with van der Waals surface area (Å²) < 4.78 is 5.02. The fraction of sp³-hybridized carbons (Fsp3) is 0.222. The molecule has 0 aliphatic heterocycles. The maximum Gasteiger partial charge on any atom is 0.339 e. The van der Waals surface area contributed by atoms with Crippen LogP contribution in [-0.4, -0.2) is 29.4 Å². The number of benzene rings is 1. The average Bonchev–Trinajstić information content (AvgIpc) is 2.15. The van der Waals surface area contributed by atoms with Crippen molar-refractivity contribution in [3.63, 3.8) is 0 Å². The van der Waals surface area contributed by atoms with Crippen molar-refractivity contribution in [2.24, 2.45) is 0 Å². The summed E-state index contributed by atoms with van der Waals surface area (Å²) in [4.78, 5) is 10.7. The Morgan fingerprint density at radius 1 is 1.50 bits per heavy atom. The van der Waals surface area contributed by atoms with E-state index in [2.05, 4.69) is 0 Å². The van der Waals surface area contributed by atoms with Crippen molar-refractivity contribution in [1.82, 2.24) is 0 Å². The van der Waals surface area contributed by atoms with Gasteiger partial charge in [0, 0.05) is 5.69 Å². The first-order valence-corrected chi connectivity index (χ1v) is 4.01. The zero-order valence-corrected chi connectivity index (χ0v) is 7.43. The number of aliphatic hydroxyl groups excluding tert-OH is 1. The van der Waals surface area contributed by atoms with Gasteiger partial charge in [0.25, 0.3) is 0 Å². The molecule has 0 saturated heterocycles. The Labute approximate surface area is 80.7 Å². The van der Waals surface area contributed by atoms with Gasteiger partial charge >= 0.3 is 5.97 Å². The van der Waals surface area contributed by atoms with Gasteiger partial charge in [-0.25, -0.2) is 4.79 Å². The second-order valence-electron chi connectivity index (χ2n) is 2.63. The van der Waals surface area contributed by atoms with Crippen molar-refractivity contribution in [1.29, 1.82) is 0 Å². The van der Waals surface area contributed by atoms with Crippen LogP contribution in [0.4, 0.5) is 5.69 Å². The molecule has 5 heteroatoms. The lowest BCUT2D eigenvalue weighted by atomic mass is 10.2. The maximum atomic E-state index is 10.7. The number of aromatic carboxylic acids is 1. The third-order valence-corrected chi connectivity index (χ3v) is 1.58. The van der Waals surface area contributed by atoms with Gasteiger partial charge in [-0.15, -0.1) is 0 Å². The van der Waals surface area contributed by atoms with E-state index >= 15 is 0 Å². The van der Waals surface area contributed by atoms with Crippen molar-refractivity contribution in [3.8, 4) is 5.75 Å². The average molecular weight is 197 g/mol. The van der Waals surface area contributed by atoms with Crippen molar-refractivity contribution in [2.45, 2.75) is 0 Å². The first kappa shape index (κ1) is 10.3.